The zero-order valence-electron chi connectivity index (χ0n) is 12.2. The molecule has 1 fully saturated rings. The number of nitrogens with zero attached hydrogens (tertiary/aromatic N) is 3. The molecule has 0 spiro atoms. The largest absolute Gasteiger partial charge is 0.396 e. The zero-order chi connectivity index (χ0) is 14.8. The summed E-state index contributed by atoms with van der Waals surface area (Å²) in [6.45, 7) is 3.33. The van der Waals surface area contributed by atoms with Crippen molar-refractivity contribution in [3.8, 4) is 0 Å². The number of nitrogens with one attached hydrogen (secondary N) is 1. The maximum absolute atomic E-state index is 9.07. The molecule has 0 bridgehead atoms. The second kappa shape index (κ2) is 6.13. The third-order valence-electron chi connectivity index (χ3n) is 3.97. The molecule has 2 aromatic heterocycles. The second-order valence-corrected chi connectivity index (χ2v) is 6.68. The van der Waals surface area contributed by atoms with E-state index in [0.717, 1.165) is 48.3 Å². The monoisotopic (exact) mass is 307 g/mol. The molecule has 0 aliphatic carbocycles. The van der Waals surface area contributed by atoms with Crippen LogP contribution in [-0.2, 0) is 0 Å². The Balaban J connectivity index is 2.01. The highest BCUT2D eigenvalue weighted by atomic mass is 32.1. The molecule has 1 unspecified atom stereocenters. The molecule has 3 rings (SSSR count). The van der Waals surface area contributed by atoms with Crippen LogP contribution in [0.4, 0.5) is 11.8 Å². The SMILES string of the molecule is Cc1cc2c(N3CCCC3CCCO)nc(NN)nc2s1. The van der Waals surface area contributed by atoms with E-state index in [2.05, 4.69) is 33.3 Å². The maximum Gasteiger partial charge on any atom is 0.240 e. The number of rotatable bonds is 5. The lowest BCUT2D eigenvalue weighted by atomic mass is 10.1. The minimum absolute atomic E-state index is 0.247. The molecule has 1 atom stereocenters. The van der Waals surface area contributed by atoms with E-state index >= 15 is 0 Å². The Morgan fingerprint density at radius 1 is 1.52 bits per heavy atom. The number of aryl methyl sites for hydroxylation is 1. The van der Waals surface area contributed by atoms with Crippen molar-refractivity contribution in [1.82, 2.24) is 9.97 Å². The van der Waals surface area contributed by atoms with Crippen LogP contribution in [0.2, 0.25) is 0 Å². The van der Waals surface area contributed by atoms with Crippen molar-refractivity contribution in [3.63, 3.8) is 0 Å². The summed E-state index contributed by atoms with van der Waals surface area (Å²) in [6, 6.07) is 2.60. The van der Waals surface area contributed by atoms with E-state index in [4.69, 9.17) is 10.9 Å². The standard InChI is InChI=1S/C14H21N5OS/c1-9-8-11-12(16-14(18-15)17-13(11)21-9)19-6-2-4-10(19)5-3-7-20/h8,10,20H,2-7,15H2,1H3,(H,16,17,18). The highest BCUT2D eigenvalue weighted by Crippen LogP contribution is 2.35. The van der Waals surface area contributed by atoms with Crippen molar-refractivity contribution in [2.24, 2.45) is 5.84 Å². The summed E-state index contributed by atoms with van der Waals surface area (Å²) in [6.07, 6.45) is 4.15. The van der Waals surface area contributed by atoms with Crippen LogP contribution in [-0.4, -0.2) is 34.3 Å². The molecule has 0 saturated carbocycles. The van der Waals surface area contributed by atoms with Gasteiger partial charge in [0.2, 0.25) is 5.95 Å². The van der Waals surface area contributed by atoms with Gasteiger partial charge < -0.3 is 10.0 Å². The number of aliphatic hydroxyl groups is 1. The van der Waals surface area contributed by atoms with Crippen molar-refractivity contribution in [2.45, 2.75) is 38.6 Å². The van der Waals surface area contributed by atoms with Crippen molar-refractivity contribution in [2.75, 3.05) is 23.5 Å². The molecule has 1 saturated heterocycles. The van der Waals surface area contributed by atoms with Crippen molar-refractivity contribution >= 4 is 33.3 Å². The number of thiophene rings is 1. The number of aromatic nitrogens is 2. The van der Waals surface area contributed by atoms with Gasteiger partial charge in [-0.05, 0) is 38.7 Å². The molecule has 21 heavy (non-hydrogen) atoms. The number of fused-ring (bicyclic) bond motifs is 1. The topological polar surface area (TPSA) is 87.3 Å². The van der Waals surface area contributed by atoms with Crippen LogP contribution in [0.25, 0.3) is 10.2 Å². The number of anilines is 2. The molecule has 7 heteroatoms. The third kappa shape index (κ3) is 2.81. The molecule has 6 nitrogen and oxygen atoms in total. The molecular weight excluding hydrogens is 286 g/mol. The Morgan fingerprint density at radius 3 is 3.14 bits per heavy atom. The number of hydrogen-bond donors (Lipinski definition) is 3. The van der Waals surface area contributed by atoms with E-state index < -0.39 is 0 Å². The summed E-state index contributed by atoms with van der Waals surface area (Å²) in [4.78, 5) is 13.6. The molecule has 1 aliphatic heterocycles. The Morgan fingerprint density at radius 2 is 2.38 bits per heavy atom. The molecule has 114 valence electrons. The lowest BCUT2D eigenvalue weighted by Crippen LogP contribution is -2.30. The van der Waals surface area contributed by atoms with Crippen LogP contribution >= 0.6 is 11.3 Å². The van der Waals surface area contributed by atoms with Crippen LogP contribution in [0.15, 0.2) is 6.07 Å². The summed E-state index contributed by atoms with van der Waals surface area (Å²) in [5.74, 6) is 6.94. The van der Waals surface area contributed by atoms with Gasteiger partial charge in [-0.3, -0.25) is 5.43 Å². The highest BCUT2D eigenvalue weighted by molar-refractivity contribution is 7.18. The van der Waals surface area contributed by atoms with Gasteiger partial charge in [-0.2, -0.15) is 4.98 Å². The number of aliphatic hydroxyl groups excluding tert-OH is 1. The fraction of sp³-hybridized carbons (Fsp3) is 0.571. The Kier molecular flexibility index (Phi) is 4.23. The maximum atomic E-state index is 9.07. The Bertz CT molecular complexity index is 629. The first-order valence-corrected chi connectivity index (χ1v) is 8.17. The molecule has 0 aromatic carbocycles. The third-order valence-corrected chi connectivity index (χ3v) is 4.91. The van der Waals surface area contributed by atoms with Gasteiger partial charge in [0.05, 0.1) is 5.39 Å². The normalized spacial score (nSPS) is 18.6. The quantitative estimate of drug-likeness (QED) is 0.579. The van der Waals surface area contributed by atoms with Crippen LogP contribution < -0.4 is 16.2 Å². The van der Waals surface area contributed by atoms with E-state index in [9.17, 15) is 0 Å². The summed E-state index contributed by atoms with van der Waals surface area (Å²) < 4.78 is 0. The zero-order valence-corrected chi connectivity index (χ0v) is 13.0. The molecule has 1 aliphatic rings. The minimum Gasteiger partial charge on any atom is -0.396 e. The lowest BCUT2D eigenvalue weighted by molar-refractivity contribution is 0.279. The first kappa shape index (κ1) is 14.5. The number of hydrazine groups is 1. The van der Waals surface area contributed by atoms with Gasteiger partial charge in [0.1, 0.15) is 10.6 Å². The van der Waals surface area contributed by atoms with Gasteiger partial charge in [-0.25, -0.2) is 10.8 Å². The average molecular weight is 307 g/mol. The van der Waals surface area contributed by atoms with Gasteiger partial charge in [-0.1, -0.05) is 0 Å². The van der Waals surface area contributed by atoms with Crippen molar-refractivity contribution in [1.29, 1.82) is 0 Å². The lowest BCUT2D eigenvalue weighted by Gasteiger charge is -2.26. The van der Waals surface area contributed by atoms with Crippen molar-refractivity contribution in [3.05, 3.63) is 10.9 Å². The molecule has 4 N–H and O–H groups in total. The molecule has 2 aromatic rings. The van der Waals surface area contributed by atoms with Crippen LogP contribution in [0.3, 0.4) is 0 Å². The van der Waals surface area contributed by atoms with E-state index in [0.29, 0.717) is 12.0 Å². The fourth-order valence-corrected chi connectivity index (χ4v) is 3.93. The van der Waals surface area contributed by atoms with E-state index in [-0.39, 0.29) is 6.61 Å². The van der Waals surface area contributed by atoms with Crippen LogP contribution in [0.1, 0.15) is 30.6 Å². The highest BCUT2D eigenvalue weighted by Gasteiger charge is 2.27. The fourth-order valence-electron chi connectivity index (χ4n) is 3.05. The van der Waals surface area contributed by atoms with Crippen molar-refractivity contribution < 1.29 is 5.11 Å². The van der Waals surface area contributed by atoms with Gasteiger partial charge in [0.25, 0.3) is 0 Å². The summed E-state index contributed by atoms with van der Waals surface area (Å²) in [7, 11) is 0. The molecule has 0 radical (unpaired) electrons. The van der Waals surface area contributed by atoms with Crippen LogP contribution in [0, 0.1) is 6.92 Å². The van der Waals surface area contributed by atoms with E-state index in [1.807, 2.05) is 0 Å². The van der Waals surface area contributed by atoms with Gasteiger partial charge in [0.15, 0.2) is 0 Å². The Labute approximate surface area is 128 Å². The van der Waals surface area contributed by atoms with Gasteiger partial charge in [-0.15, -0.1) is 11.3 Å². The second-order valence-electron chi connectivity index (χ2n) is 5.45. The molecule has 3 heterocycles. The Hall–Kier alpha value is -1.44. The van der Waals surface area contributed by atoms with Gasteiger partial charge >= 0.3 is 0 Å². The smallest absolute Gasteiger partial charge is 0.240 e. The minimum atomic E-state index is 0.247. The number of hydrogen-bond acceptors (Lipinski definition) is 7. The van der Waals surface area contributed by atoms with Gasteiger partial charge in [0, 0.05) is 24.1 Å². The van der Waals surface area contributed by atoms with Crippen LogP contribution in [0.5, 0.6) is 0 Å². The first-order valence-electron chi connectivity index (χ1n) is 7.35. The molecule has 0 amide bonds. The number of nitrogens with two attached hydrogens (primary N) is 1. The average Bonchev–Trinajstić information content (AvgIpc) is 3.08. The summed E-state index contributed by atoms with van der Waals surface area (Å²) in [5.41, 5.74) is 2.57. The van der Waals surface area contributed by atoms with E-state index in [1.54, 1.807) is 11.3 Å². The first-order chi connectivity index (χ1) is 10.2. The summed E-state index contributed by atoms with van der Waals surface area (Å²) >= 11 is 1.66. The van der Waals surface area contributed by atoms with E-state index in [1.165, 1.54) is 4.88 Å². The number of nitrogen functional groups attached to an aromatic ring is 1. The predicted molar refractivity (Wildman–Crippen MR) is 86.6 cm³/mol. The molecular formula is C14H21N5OS. The predicted octanol–water partition coefficient (Wildman–Crippen LogP) is 2.03. The summed E-state index contributed by atoms with van der Waals surface area (Å²) in [5, 5.41) is 10.2.